The Morgan fingerprint density at radius 2 is 2.14 bits per heavy atom. The van der Waals surface area contributed by atoms with Gasteiger partial charge in [-0.2, -0.15) is 0 Å². The first-order valence-electron chi connectivity index (χ1n) is 4.37. The van der Waals surface area contributed by atoms with E-state index in [-0.39, 0.29) is 0 Å². The molecule has 2 rings (SSSR count). The average molecular weight is 271 g/mol. The van der Waals surface area contributed by atoms with Crippen LogP contribution in [0, 0.1) is 6.92 Å². The first-order chi connectivity index (χ1) is 6.74. The summed E-state index contributed by atoms with van der Waals surface area (Å²) in [4.78, 5) is 0. The van der Waals surface area contributed by atoms with Gasteiger partial charge in [0.15, 0.2) is 5.06 Å². The Balaban J connectivity index is 2.67. The summed E-state index contributed by atoms with van der Waals surface area (Å²) in [5.41, 5.74) is 2.64. The molecule has 14 heavy (non-hydrogen) atoms. The van der Waals surface area contributed by atoms with Crippen LogP contribution in [0.2, 0.25) is 0 Å². The van der Waals surface area contributed by atoms with E-state index in [0.717, 1.165) is 10.4 Å². The molecule has 0 aliphatic rings. The smallest absolute Gasteiger partial charge is 0.174 e. The Labute approximate surface area is 95.8 Å². The minimum Gasteiger partial charge on any atom is -0.487 e. The number of rotatable bonds is 2. The SMILES string of the molecule is COc1cc2c(C)cc(CBr)cc2s1. The third-order valence-electron chi connectivity index (χ3n) is 2.24. The van der Waals surface area contributed by atoms with E-state index in [4.69, 9.17) is 4.74 Å². The molecule has 0 unspecified atom stereocenters. The van der Waals surface area contributed by atoms with Crippen LogP contribution in [0.15, 0.2) is 18.2 Å². The van der Waals surface area contributed by atoms with E-state index < -0.39 is 0 Å². The fourth-order valence-corrected chi connectivity index (χ4v) is 2.88. The van der Waals surface area contributed by atoms with Crippen LogP contribution >= 0.6 is 27.3 Å². The summed E-state index contributed by atoms with van der Waals surface area (Å²) in [6.07, 6.45) is 0. The molecule has 0 radical (unpaired) electrons. The molecule has 0 saturated heterocycles. The first-order valence-corrected chi connectivity index (χ1v) is 6.31. The van der Waals surface area contributed by atoms with Crippen LogP contribution in [-0.4, -0.2) is 7.11 Å². The number of thiophene rings is 1. The van der Waals surface area contributed by atoms with Crippen LogP contribution in [0.25, 0.3) is 10.1 Å². The first kappa shape index (κ1) is 9.99. The maximum Gasteiger partial charge on any atom is 0.174 e. The minimum atomic E-state index is 0.907. The number of benzene rings is 1. The van der Waals surface area contributed by atoms with Gasteiger partial charge >= 0.3 is 0 Å². The molecule has 0 atom stereocenters. The molecule has 3 heteroatoms. The second-order valence-electron chi connectivity index (χ2n) is 3.23. The molecule has 1 nitrogen and oxygen atoms in total. The lowest BCUT2D eigenvalue weighted by molar-refractivity contribution is 0.427. The number of aryl methyl sites for hydroxylation is 1. The lowest BCUT2D eigenvalue weighted by atomic mass is 10.1. The fraction of sp³-hybridized carbons (Fsp3) is 0.273. The Hall–Kier alpha value is -0.540. The van der Waals surface area contributed by atoms with Crippen molar-refractivity contribution in [3.63, 3.8) is 0 Å². The van der Waals surface area contributed by atoms with E-state index >= 15 is 0 Å². The summed E-state index contributed by atoms with van der Waals surface area (Å²) < 4.78 is 6.54. The molecule has 0 N–H and O–H groups in total. The number of hydrogen-bond acceptors (Lipinski definition) is 2. The number of alkyl halides is 1. The number of halogens is 1. The van der Waals surface area contributed by atoms with Crippen molar-refractivity contribution < 1.29 is 4.74 Å². The van der Waals surface area contributed by atoms with Gasteiger partial charge in [0.2, 0.25) is 0 Å². The third-order valence-corrected chi connectivity index (χ3v) is 3.93. The van der Waals surface area contributed by atoms with Crippen molar-refractivity contribution in [3.05, 3.63) is 29.3 Å². The van der Waals surface area contributed by atoms with E-state index in [1.54, 1.807) is 18.4 Å². The van der Waals surface area contributed by atoms with E-state index in [0.29, 0.717) is 0 Å². The highest BCUT2D eigenvalue weighted by molar-refractivity contribution is 9.08. The van der Waals surface area contributed by atoms with E-state index in [9.17, 15) is 0 Å². The van der Waals surface area contributed by atoms with Gasteiger partial charge in [0, 0.05) is 10.0 Å². The lowest BCUT2D eigenvalue weighted by Gasteiger charge is -1.99. The van der Waals surface area contributed by atoms with Crippen LogP contribution in [0.5, 0.6) is 5.06 Å². The summed E-state index contributed by atoms with van der Waals surface area (Å²) in [5, 5.41) is 3.19. The second-order valence-corrected chi connectivity index (χ2v) is 4.83. The van der Waals surface area contributed by atoms with E-state index in [1.807, 2.05) is 0 Å². The number of ether oxygens (including phenoxy) is 1. The highest BCUT2D eigenvalue weighted by Gasteiger charge is 2.05. The summed E-state index contributed by atoms with van der Waals surface area (Å²) in [6.45, 7) is 2.14. The van der Waals surface area contributed by atoms with Crippen molar-refractivity contribution in [1.29, 1.82) is 0 Å². The molecule has 0 bridgehead atoms. The Bertz CT molecular complexity index is 462. The third kappa shape index (κ3) is 1.66. The van der Waals surface area contributed by atoms with Gasteiger partial charge in [0.1, 0.15) is 0 Å². The van der Waals surface area contributed by atoms with Crippen molar-refractivity contribution in [1.82, 2.24) is 0 Å². The van der Waals surface area contributed by atoms with Crippen LogP contribution in [0.4, 0.5) is 0 Å². The van der Waals surface area contributed by atoms with E-state index in [2.05, 4.69) is 41.1 Å². The molecule has 1 heterocycles. The predicted molar refractivity (Wildman–Crippen MR) is 65.7 cm³/mol. The normalized spacial score (nSPS) is 10.8. The lowest BCUT2D eigenvalue weighted by Crippen LogP contribution is -1.79. The molecular formula is C11H11BrOS. The molecule has 2 aromatic rings. The summed E-state index contributed by atoms with van der Waals surface area (Å²) in [7, 11) is 1.71. The van der Waals surface area contributed by atoms with Crippen LogP contribution in [-0.2, 0) is 5.33 Å². The van der Waals surface area contributed by atoms with Gasteiger partial charge in [-0.25, -0.2) is 0 Å². The van der Waals surface area contributed by atoms with Gasteiger partial charge in [0.25, 0.3) is 0 Å². The number of fused-ring (bicyclic) bond motifs is 1. The van der Waals surface area contributed by atoms with Gasteiger partial charge < -0.3 is 4.74 Å². The van der Waals surface area contributed by atoms with Crippen molar-refractivity contribution in [2.75, 3.05) is 7.11 Å². The second kappa shape index (κ2) is 3.91. The van der Waals surface area contributed by atoms with Crippen molar-refractivity contribution in [2.24, 2.45) is 0 Å². The van der Waals surface area contributed by atoms with Gasteiger partial charge in [-0.1, -0.05) is 33.3 Å². The van der Waals surface area contributed by atoms with Crippen molar-refractivity contribution in [3.8, 4) is 5.06 Å². The van der Waals surface area contributed by atoms with Crippen molar-refractivity contribution >= 4 is 37.4 Å². The number of methoxy groups -OCH3 is 1. The van der Waals surface area contributed by atoms with Gasteiger partial charge in [-0.15, -0.1) is 0 Å². The molecule has 1 aromatic carbocycles. The molecular weight excluding hydrogens is 260 g/mol. The van der Waals surface area contributed by atoms with Crippen LogP contribution in [0.3, 0.4) is 0 Å². The predicted octanol–water partition coefficient (Wildman–Crippen LogP) is 4.11. The summed E-state index contributed by atoms with van der Waals surface area (Å²) in [5.74, 6) is 0. The maximum absolute atomic E-state index is 5.23. The molecule has 0 saturated carbocycles. The summed E-state index contributed by atoms with van der Waals surface area (Å²) in [6, 6.07) is 6.53. The zero-order valence-corrected chi connectivity index (χ0v) is 10.5. The highest BCUT2D eigenvalue weighted by atomic mass is 79.9. The topological polar surface area (TPSA) is 9.23 Å². The fourth-order valence-electron chi connectivity index (χ4n) is 1.54. The average Bonchev–Trinajstić information content (AvgIpc) is 2.61. The minimum absolute atomic E-state index is 0.907. The largest absolute Gasteiger partial charge is 0.487 e. The molecule has 0 fully saturated rings. The highest BCUT2D eigenvalue weighted by Crippen LogP contribution is 2.34. The molecule has 0 amide bonds. The molecule has 0 aliphatic carbocycles. The van der Waals surface area contributed by atoms with Crippen molar-refractivity contribution in [2.45, 2.75) is 12.3 Å². The Morgan fingerprint density at radius 3 is 2.79 bits per heavy atom. The summed E-state index contributed by atoms with van der Waals surface area (Å²) >= 11 is 5.17. The zero-order chi connectivity index (χ0) is 10.1. The molecule has 0 aliphatic heterocycles. The maximum atomic E-state index is 5.23. The van der Waals surface area contributed by atoms with Gasteiger partial charge in [-0.05, 0) is 35.6 Å². The standard InChI is InChI=1S/C11H11BrOS/c1-7-3-8(6-12)4-10-9(7)5-11(13-2)14-10/h3-5H,6H2,1-2H3. The Kier molecular flexibility index (Phi) is 2.79. The van der Waals surface area contributed by atoms with Crippen LogP contribution in [0.1, 0.15) is 11.1 Å². The number of hydrogen-bond donors (Lipinski definition) is 0. The molecule has 0 spiro atoms. The van der Waals surface area contributed by atoms with Crippen LogP contribution < -0.4 is 4.74 Å². The van der Waals surface area contributed by atoms with Gasteiger partial charge in [0.05, 0.1) is 7.11 Å². The molecule has 74 valence electrons. The van der Waals surface area contributed by atoms with Gasteiger partial charge in [-0.3, -0.25) is 0 Å². The quantitative estimate of drug-likeness (QED) is 0.747. The molecule has 1 aromatic heterocycles. The monoisotopic (exact) mass is 270 g/mol. The Morgan fingerprint density at radius 1 is 1.36 bits per heavy atom. The van der Waals surface area contributed by atoms with E-state index in [1.165, 1.54) is 21.2 Å². The zero-order valence-electron chi connectivity index (χ0n) is 8.13.